The molecule has 0 radical (unpaired) electrons. The highest BCUT2D eigenvalue weighted by molar-refractivity contribution is 9.12. The molecule has 3 nitrogen and oxygen atoms in total. The maximum absolute atomic E-state index is 4.54. The van der Waals surface area contributed by atoms with Crippen LogP contribution in [0.3, 0.4) is 0 Å². The molecule has 0 aliphatic rings. The molecule has 0 aromatic carbocycles. The molecule has 0 saturated carbocycles. The minimum Gasteiger partial charge on any atom is -0.334 e. The molecule has 1 atom stereocenters. The smallest absolute Gasteiger partial charge is 0.130 e. The lowest BCUT2D eigenvalue weighted by Gasteiger charge is -2.19. The summed E-state index contributed by atoms with van der Waals surface area (Å²) < 4.78 is 4.47. The number of aryl methyl sites for hydroxylation is 1. The largest absolute Gasteiger partial charge is 0.334 e. The second kappa shape index (κ2) is 7.02. The molecular weight excluding hydrogens is 390 g/mol. The van der Waals surface area contributed by atoms with Gasteiger partial charge in [0.25, 0.3) is 0 Å². The van der Waals surface area contributed by atoms with Gasteiger partial charge >= 0.3 is 0 Å². The van der Waals surface area contributed by atoms with Gasteiger partial charge in [-0.15, -0.1) is 11.3 Å². The van der Waals surface area contributed by atoms with E-state index in [2.05, 4.69) is 66.6 Å². The quantitative estimate of drug-likeness (QED) is 0.760. The molecule has 0 saturated heterocycles. The standard InChI is InChI=1S/C13H17Br2N3S/c1-3-5-16-11(9-8-10(14)19-12(9)15)13-17-6-7-18(13)4-2/h6-8,11,16H,3-5H2,1-2H3. The van der Waals surface area contributed by atoms with E-state index in [9.17, 15) is 0 Å². The van der Waals surface area contributed by atoms with Crippen LogP contribution in [0.1, 0.15) is 37.7 Å². The highest BCUT2D eigenvalue weighted by Crippen LogP contribution is 2.37. The van der Waals surface area contributed by atoms with Crippen LogP contribution in [0.2, 0.25) is 0 Å². The molecular formula is C13H17Br2N3S. The summed E-state index contributed by atoms with van der Waals surface area (Å²) in [5, 5.41) is 3.59. The molecule has 0 fully saturated rings. The molecule has 2 aromatic rings. The second-order valence-corrected chi connectivity index (χ2v) is 7.99. The molecule has 1 N–H and O–H groups in total. The molecule has 0 aliphatic heterocycles. The van der Waals surface area contributed by atoms with Crippen molar-refractivity contribution in [1.82, 2.24) is 14.9 Å². The summed E-state index contributed by atoms with van der Waals surface area (Å²) in [5.41, 5.74) is 1.24. The summed E-state index contributed by atoms with van der Waals surface area (Å²) in [5.74, 6) is 1.07. The normalized spacial score (nSPS) is 12.8. The van der Waals surface area contributed by atoms with E-state index in [0.717, 1.165) is 32.9 Å². The molecule has 0 bridgehead atoms. The van der Waals surface area contributed by atoms with Gasteiger partial charge in [-0.1, -0.05) is 6.92 Å². The summed E-state index contributed by atoms with van der Waals surface area (Å²) in [7, 11) is 0. The molecule has 2 aromatic heterocycles. The van der Waals surface area contributed by atoms with Crippen LogP contribution in [0.15, 0.2) is 26.0 Å². The van der Waals surface area contributed by atoms with E-state index < -0.39 is 0 Å². The number of nitrogens with zero attached hydrogens (tertiary/aromatic N) is 2. The lowest BCUT2D eigenvalue weighted by Crippen LogP contribution is -2.26. The van der Waals surface area contributed by atoms with Gasteiger partial charge in [-0.2, -0.15) is 0 Å². The van der Waals surface area contributed by atoms with Crippen LogP contribution >= 0.6 is 43.2 Å². The molecule has 104 valence electrons. The highest BCUT2D eigenvalue weighted by atomic mass is 79.9. The number of imidazole rings is 1. The SMILES string of the molecule is CCCNC(c1cc(Br)sc1Br)c1nccn1CC. The number of hydrogen-bond acceptors (Lipinski definition) is 3. The van der Waals surface area contributed by atoms with E-state index in [1.807, 2.05) is 12.4 Å². The van der Waals surface area contributed by atoms with E-state index in [1.54, 1.807) is 11.3 Å². The van der Waals surface area contributed by atoms with Crippen molar-refractivity contribution in [2.75, 3.05) is 6.54 Å². The lowest BCUT2D eigenvalue weighted by molar-refractivity contribution is 0.541. The number of rotatable bonds is 6. The van der Waals surface area contributed by atoms with E-state index in [-0.39, 0.29) is 6.04 Å². The summed E-state index contributed by atoms with van der Waals surface area (Å²) in [6, 6.07) is 2.29. The monoisotopic (exact) mass is 405 g/mol. The molecule has 2 rings (SSSR count). The van der Waals surface area contributed by atoms with Gasteiger partial charge in [0.1, 0.15) is 5.82 Å². The van der Waals surface area contributed by atoms with E-state index in [4.69, 9.17) is 0 Å². The third kappa shape index (κ3) is 3.48. The van der Waals surface area contributed by atoms with Crippen LogP contribution in [-0.2, 0) is 6.54 Å². The van der Waals surface area contributed by atoms with Crippen LogP contribution in [0.25, 0.3) is 0 Å². The predicted octanol–water partition coefficient (Wildman–Crippen LogP) is 4.58. The van der Waals surface area contributed by atoms with Gasteiger partial charge in [-0.25, -0.2) is 4.98 Å². The van der Waals surface area contributed by atoms with Gasteiger partial charge in [0.05, 0.1) is 13.6 Å². The van der Waals surface area contributed by atoms with Gasteiger partial charge in [0.2, 0.25) is 0 Å². The van der Waals surface area contributed by atoms with Gasteiger partial charge in [-0.05, 0) is 57.8 Å². The maximum Gasteiger partial charge on any atom is 0.130 e. The Morgan fingerprint density at radius 1 is 1.42 bits per heavy atom. The highest BCUT2D eigenvalue weighted by Gasteiger charge is 2.22. The van der Waals surface area contributed by atoms with Gasteiger partial charge in [-0.3, -0.25) is 0 Å². The zero-order valence-corrected chi connectivity index (χ0v) is 15.0. The fourth-order valence-corrected chi connectivity index (χ4v) is 4.93. The first-order chi connectivity index (χ1) is 9.17. The molecule has 0 amide bonds. The third-order valence-electron chi connectivity index (χ3n) is 2.94. The Labute approximate surface area is 134 Å². The number of hydrogen-bond donors (Lipinski definition) is 1. The number of nitrogens with one attached hydrogen (secondary N) is 1. The van der Waals surface area contributed by atoms with Crippen LogP contribution in [0.5, 0.6) is 0 Å². The molecule has 6 heteroatoms. The summed E-state index contributed by atoms with van der Waals surface area (Å²) in [6.45, 7) is 6.22. The van der Waals surface area contributed by atoms with Crippen LogP contribution < -0.4 is 5.32 Å². The topological polar surface area (TPSA) is 29.9 Å². The third-order valence-corrected chi connectivity index (χ3v) is 5.32. The van der Waals surface area contributed by atoms with Crippen LogP contribution in [0, 0.1) is 0 Å². The van der Waals surface area contributed by atoms with E-state index >= 15 is 0 Å². The van der Waals surface area contributed by atoms with E-state index in [1.165, 1.54) is 5.56 Å². The first-order valence-corrected chi connectivity index (χ1v) is 8.76. The number of aromatic nitrogens is 2. The molecule has 1 unspecified atom stereocenters. The number of thiophene rings is 1. The average molecular weight is 407 g/mol. The average Bonchev–Trinajstić information content (AvgIpc) is 2.97. The Balaban J connectivity index is 2.38. The Morgan fingerprint density at radius 2 is 2.21 bits per heavy atom. The Kier molecular flexibility index (Phi) is 5.62. The zero-order valence-electron chi connectivity index (χ0n) is 11.0. The van der Waals surface area contributed by atoms with Crippen LogP contribution in [-0.4, -0.2) is 16.1 Å². The zero-order chi connectivity index (χ0) is 13.8. The Bertz CT molecular complexity index is 536. The number of halogens is 2. The van der Waals surface area contributed by atoms with Crippen LogP contribution in [0.4, 0.5) is 0 Å². The molecule has 0 aliphatic carbocycles. The maximum atomic E-state index is 4.54. The minimum atomic E-state index is 0.131. The van der Waals surface area contributed by atoms with Crippen molar-refractivity contribution in [3.63, 3.8) is 0 Å². The minimum absolute atomic E-state index is 0.131. The lowest BCUT2D eigenvalue weighted by atomic mass is 10.1. The second-order valence-electron chi connectivity index (χ2n) is 4.24. The fourth-order valence-electron chi connectivity index (χ4n) is 2.03. The van der Waals surface area contributed by atoms with E-state index in [0.29, 0.717) is 0 Å². The summed E-state index contributed by atoms with van der Waals surface area (Å²) >= 11 is 8.90. The first kappa shape index (κ1) is 15.2. The van der Waals surface area contributed by atoms with Crippen molar-refractivity contribution in [2.24, 2.45) is 0 Å². The molecule has 0 spiro atoms. The Morgan fingerprint density at radius 3 is 2.79 bits per heavy atom. The summed E-state index contributed by atoms with van der Waals surface area (Å²) in [6.07, 6.45) is 5.01. The van der Waals surface area contributed by atoms with Gasteiger partial charge < -0.3 is 9.88 Å². The van der Waals surface area contributed by atoms with Crippen molar-refractivity contribution < 1.29 is 0 Å². The molecule has 2 heterocycles. The van der Waals surface area contributed by atoms with Crippen molar-refractivity contribution >= 4 is 43.2 Å². The summed E-state index contributed by atoms with van der Waals surface area (Å²) in [4.78, 5) is 4.54. The molecule has 19 heavy (non-hydrogen) atoms. The van der Waals surface area contributed by atoms with Gasteiger partial charge in [0, 0.05) is 24.5 Å². The van der Waals surface area contributed by atoms with Crippen molar-refractivity contribution in [3.8, 4) is 0 Å². The van der Waals surface area contributed by atoms with Crippen molar-refractivity contribution in [3.05, 3.63) is 37.4 Å². The fraction of sp³-hybridized carbons (Fsp3) is 0.462. The predicted molar refractivity (Wildman–Crippen MR) is 87.8 cm³/mol. The van der Waals surface area contributed by atoms with Crippen molar-refractivity contribution in [2.45, 2.75) is 32.9 Å². The Hall–Kier alpha value is -0.170. The van der Waals surface area contributed by atoms with Gasteiger partial charge in [0.15, 0.2) is 0 Å². The van der Waals surface area contributed by atoms with Crippen molar-refractivity contribution in [1.29, 1.82) is 0 Å². The first-order valence-electron chi connectivity index (χ1n) is 6.36.